The van der Waals surface area contributed by atoms with Gasteiger partial charge in [-0.3, -0.25) is 4.79 Å². The van der Waals surface area contributed by atoms with E-state index in [0.717, 1.165) is 6.07 Å². The highest BCUT2D eigenvalue weighted by Gasteiger charge is 2.28. The predicted octanol–water partition coefficient (Wildman–Crippen LogP) is 1.28. The number of carboxylic acid groups (broad SMARTS) is 1. The molecule has 1 aliphatic heterocycles. The maximum absolute atomic E-state index is 12.7. The van der Waals surface area contributed by atoms with E-state index in [2.05, 4.69) is 0 Å². The second-order valence-electron chi connectivity index (χ2n) is 5.21. The first-order chi connectivity index (χ1) is 10.7. The van der Waals surface area contributed by atoms with Gasteiger partial charge in [-0.05, 0) is 24.6 Å². The third kappa shape index (κ3) is 3.82. The number of rotatable bonds is 3. The lowest BCUT2D eigenvalue weighted by molar-refractivity contribution is -0.128. The number of sulfonamides is 1. The van der Waals surface area contributed by atoms with Crippen LogP contribution in [-0.4, -0.2) is 60.8 Å². The molecule has 0 aromatic heterocycles. The van der Waals surface area contributed by atoms with Crippen LogP contribution in [0.5, 0.6) is 0 Å². The van der Waals surface area contributed by atoms with E-state index < -0.39 is 16.0 Å². The van der Waals surface area contributed by atoms with Gasteiger partial charge in [0.2, 0.25) is 15.9 Å². The number of carbonyl (C=O) groups excluding carboxylic acids is 1. The fourth-order valence-electron chi connectivity index (χ4n) is 2.43. The van der Waals surface area contributed by atoms with E-state index in [-0.39, 0.29) is 34.5 Å². The summed E-state index contributed by atoms with van der Waals surface area (Å²) >= 11 is 5.77. The van der Waals surface area contributed by atoms with Crippen molar-refractivity contribution in [3.8, 4) is 0 Å². The molecule has 1 heterocycles. The normalized spacial score (nSPS) is 16.9. The standard InChI is InChI=1S/C14H17ClN2O5S/c1-10(18)16-5-2-6-17(8-7-16)23(21,22)11-3-4-13(15)12(9-11)14(19)20/h3-4,9H,2,5-8H2,1H3,(H,19,20). The van der Waals surface area contributed by atoms with Crippen molar-refractivity contribution in [1.82, 2.24) is 9.21 Å². The van der Waals surface area contributed by atoms with Crippen LogP contribution in [0.25, 0.3) is 0 Å². The second-order valence-corrected chi connectivity index (χ2v) is 7.56. The largest absolute Gasteiger partial charge is 0.478 e. The molecule has 0 bridgehead atoms. The first-order valence-corrected chi connectivity index (χ1v) is 8.84. The minimum absolute atomic E-state index is 0.0185. The Morgan fingerprint density at radius 2 is 1.87 bits per heavy atom. The van der Waals surface area contributed by atoms with Gasteiger partial charge in [0.25, 0.3) is 0 Å². The Balaban J connectivity index is 2.30. The molecule has 0 atom stereocenters. The van der Waals surface area contributed by atoms with E-state index in [1.807, 2.05) is 0 Å². The Morgan fingerprint density at radius 3 is 2.48 bits per heavy atom. The Kier molecular flexibility index (Phi) is 5.28. The zero-order valence-corrected chi connectivity index (χ0v) is 14.1. The number of carboxylic acids is 1. The van der Waals surface area contributed by atoms with Crippen molar-refractivity contribution in [3.05, 3.63) is 28.8 Å². The summed E-state index contributed by atoms with van der Waals surface area (Å²) in [4.78, 5) is 24.0. The Morgan fingerprint density at radius 1 is 1.17 bits per heavy atom. The topological polar surface area (TPSA) is 95.0 Å². The van der Waals surface area contributed by atoms with Gasteiger partial charge in [-0.2, -0.15) is 4.31 Å². The third-order valence-electron chi connectivity index (χ3n) is 3.71. The monoisotopic (exact) mass is 360 g/mol. The Labute approximate surface area is 139 Å². The fraction of sp³-hybridized carbons (Fsp3) is 0.429. The number of aromatic carboxylic acids is 1. The zero-order valence-electron chi connectivity index (χ0n) is 12.5. The van der Waals surface area contributed by atoms with Crippen molar-refractivity contribution in [1.29, 1.82) is 0 Å². The molecule has 0 unspecified atom stereocenters. The molecule has 1 aromatic carbocycles. The summed E-state index contributed by atoms with van der Waals surface area (Å²) in [5.41, 5.74) is -0.257. The number of carbonyl (C=O) groups is 2. The number of hydrogen-bond acceptors (Lipinski definition) is 4. The lowest BCUT2D eigenvalue weighted by Crippen LogP contribution is -2.36. The van der Waals surface area contributed by atoms with Gasteiger partial charge >= 0.3 is 5.97 Å². The quantitative estimate of drug-likeness (QED) is 0.876. The van der Waals surface area contributed by atoms with Gasteiger partial charge in [0.05, 0.1) is 15.5 Å². The van der Waals surface area contributed by atoms with Gasteiger partial charge in [-0.1, -0.05) is 11.6 Å². The summed E-state index contributed by atoms with van der Waals surface area (Å²) in [6.45, 7) is 2.71. The molecule has 1 saturated heterocycles. The molecule has 1 N–H and O–H groups in total. The lowest BCUT2D eigenvalue weighted by Gasteiger charge is -2.21. The highest BCUT2D eigenvalue weighted by molar-refractivity contribution is 7.89. The first-order valence-electron chi connectivity index (χ1n) is 7.02. The van der Waals surface area contributed by atoms with Crippen LogP contribution in [0.4, 0.5) is 0 Å². The van der Waals surface area contributed by atoms with Crippen molar-refractivity contribution in [3.63, 3.8) is 0 Å². The highest BCUT2D eigenvalue weighted by Crippen LogP contribution is 2.24. The van der Waals surface area contributed by atoms with Crippen LogP contribution in [0.15, 0.2) is 23.1 Å². The average Bonchev–Trinajstić information content (AvgIpc) is 2.73. The Hall–Kier alpha value is -1.64. The number of halogens is 1. The lowest BCUT2D eigenvalue weighted by atomic mass is 10.2. The fourth-order valence-corrected chi connectivity index (χ4v) is 4.12. The molecule has 23 heavy (non-hydrogen) atoms. The molecule has 126 valence electrons. The van der Waals surface area contributed by atoms with Crippen molar-refractivity contribution in [2.75, 3.05) is 26.2 Å². The van der Waals surface area contributed by atoms with Crippen LogP contribution < -0.4 is 0 Å². The second kappa shape index (κ2) is 6.86. The maximum atomic E-state index is 12.7. The minimum atomic E-state index is -3.83. The number of amides is 1. The van der Waals surface area contributed by atoms with Crippen LogP contribution in [0.2, 0.25) is 5.02 Å². The molecule has 0 aliphatic carbocycles. The number of benzene rings is 1. The van der Waals surface area contributed by atoms with Gasteiger partial charge in [0.1, 0.15) is 0 Å². The number of hydrogen-bond donors (Lipinski definition) is 1. The van der Waals surface area contributed by atoms with Crippen LogP contribution in [-0.2, 0) is 14.8 Å². The van der Waals surface area contributed by atoms with E-state index >= 15 is 0 Å². The highest BCUT2D eigenvalue weighted by atomic mass is 35.5. The van der Waals surface area contributed by atoms with Gasteiger partial charge in [-0.15, -0.1) is 0 Å². The molecule has 0 radical (unpaired) electrons. The third-order valence-corrected chi connectivity index (χ3v) is 5.93. The van der Waals surface area contributed by atoms with Crippen LogP contribution in [0.3, 0.4) is 0 Å². The molecular formula is C14H17ClN2O5S. The number of nitrogens with zero attached hydrogens (tertiary/aromatic N) is 2. The summed E-state index contributed by atoms with van der Waals surface area (Å²) in [5.74, 6) is -1.38. The molecule has 2 rings (SSSR count). The minimum Gasteiger partial charge on any atom is -0.478 e. The summed E-state index contributed by atoms with van der Waals surface area (Å²) in [6.07, 6.45) is 0.526. The molecule has 9 heteroatoms. The van der Waals surface area contributed by atoms with Crippen LogP contribution in [0.1, 0.15) is 23.7 Å². The van der Waals surface area contributed by atoms with E-state index in [0.29, 0.717) is 19.5 Å². The molecule has 1 aromatic rings. The summed E-state index contributed by atoms with van der Waals surface area (Å²) in [6, 6.07) is 3.61. The van der Waals surface area contributed by atoms with E-state index in [9.17, 15) is 18.0 Å². The van der Waals surface area contributed by atoms with Crippen molar-refractivity contribution in [2.24, 2.45) is 0 Å². The van der Waals surface area contributed by atoms with Crippen molar-refractivity contribution in [2.45, 2.75) is 18.2 Å². The Bertz CT molecular complexity index is 735. The van der Waals surface area contributed by atoms with E-state index in [1.54, 1.807) is 4.90 Å². The van der Waals surface area contributed by atoms with Gasteiger partial charge < -0.3 is 10.0 Å². The molecular weight excluding hydrogens is 344 g/mol. The summed E-state index contributed by atoms with van der Waals surface area (Å²) in [5, 5.41) is 9.05. The molecule has 0 spiro atoms. The van der Waals surface area contributed by atoms with E-state index in [1.165, 1.54) is 23.4 Å². The smallest absolute Gasteiger partial charge is 0.337 e. The molecule has 7 nitrogen and oxygen atoms in total. The van der Waals surface area contributed by atoms with Gasteiger partial charge in [-0.25, -0.2) is 13.2 Å². The molecule has 1 fully saturated rings. The van der Waals surface area contributed by atoms with E-state index in [4.69, 9.17) is 16.7 Å². The summed E-state index contributed by atoms with van der Waals surface area (Å²) in [7, 11) is -3.83. The van der Waals surface area contributed by atoms with Gasteiger partial charge in [0.15, 0.2) is 0 Å². The predicted molar refractivity (Wildman–Crippen MR) is 84.0 cm³/mol. The first kappa shape index (κ1) is 17.7. The van der Waals surface area contributed by atoms with Crippen molar-refractivity contribution < 1.29 is 23.1 Å². The average molecular weight is 361 g/mol. The van der Waals surface area contributed by atoms with Crippen LogP contribution >= 0.6 is 11.6 Å². The molecule has 0 saturated carbocycles. The van der Waals surface area contributed by atoms with Crippen LogP contribution in [0, 0.1) is 0 Å². The molecule has 1 amide bonds. The molecule has 1 aliphatic rings. The SMILES string of the molecule is CC(=O)N1CCCN(S(=O)(=O)c2ccc(Cl)c(C(=O)O)c2)CC1. The van der Waals surface area contributed by atoms with Gasteiger partial charge in [0, 0.05) is 33.1 Å². The zero-order chi connectivity index (χ0) is 17.2. The summed E-state index contributed by atoms with van der Waals surface area (Å²) < 4.78 is 26.6. The maximum Gasteiger partial charge on any atom is 0.337 e. The van der Waals surface area contributed by atoms with Crippen molar-refractivity contribution >= 4 is 33.5 Å².